The number of benzene rings is 2. The van der Waals surface area contributed by atoms with Gasteiger partial charge in [0.15, 0.2) is 0 Å². The summed E-state index contributed by atoms with van der Waals surface area (Å²) < 4.78 is 3.33. The molecule has 0 saturated heterocycles. The first-order valence-corrected chi connectivity index (χ1v) is 6.24. The van der Waals surface area contributed by atoms with Crippen LogP contribution in [0.25, 0.3) is 5.57 Å². The van der Waals surface area contributed by atoms with Crippen molar-refractivity contribution >= 4 is 9.63 Å². The van der Waals surface area contributed by atoms with Gasteiger partial charge < -0.3 is 0 Å². The molecule has 0 spiro atoms. The predicted octanol–water partition coefficient (Wildman–Crippen LogP) is 3.07. The normalized spacial score (nSPS) is 9.33. The third kappa shape index (κ3) is 2.42. The van der Waals surface area contributed by atoms with Crippen LogP contribution >= 0.6 is 0 Å². The van der Waals surface area contributed by atoms with Crippen LogP contribution in [-0.4, -0.2) is 4.06 Å². The summed E-state index contributed by atoms with van der Waals surface area (Å²) in [7, 11) is 0. The molecule has 0 amide bonds. The zero-order valence-electron chi connectivity index (χ0n) is 8.18. The summed E-state index contributed by atoms with van der Waals surface area (Å²) in [6.45, 7) is 0. The van der Waals surface area contributed by atoms with Gasteiger partial charge in [-0.15, -0.1) is 0 Å². The van der Waals surface area contributed by atoms with Crippen LogP contribution in [0.5, 0.6) is 0 Å². The van der Waals surface area contributed by atoms with Crippen molar-refractivity contribution in [3.05, 3.63) is 71.8 Å². The maximum absolute atomic E-state index is 3.33. The maximum atomic E-state index is 3.33. The van der Waals surface area contributed by atoms with Gasteiger partial charge in [-0.05, 0) is 0 Å². The van der Waals surface area contributed by atoms with E-state index in [0.717, 1.165) is 0 Å². The van der Waals surface area contributed by atoms with Crippen molar-refractivity contribution in [1.82, 2.24) is 0 Å². The molecule has 0 N–H and O–H groups in total. The van der Waals surface area contributed by atoms with E-state index in [0.29, 0.717) is 0 Å². The Morgan fingerprint density at radius 3 is 1.47 bits per heavy atom. The summed E-state index contributed by atoms with van der Waals surface area (Å²) in [5.41, 5.74) is 3.67. The van der Waals surface area contributed by atoms with Crippen LogP contribution in [0.1, 0.15) is 11.1 Å². The Morgan fingerprint density at radius 2 is 1.13 bits per heavy atom. The minimum absolute atomic E-state index is 1.20. The Hall–Kier alpha value is -1.22. The molecule has 2 rings (SSSR count). The summed E-state index contributed by atoms with van der Waals surface area (Å²) in [4.78, 5) is 0. The molecule has 2 aromatic carbocycles. The zero-order valence-corrected chi connectivity index (χ0v) is 11.1. The summed E-state index contributed by atoms with van der Waals surface area (Å²) in [5.74, 6) is 0. The first kappa shape index (κ1) is 10.3. The van der Waals surface area contributed by atoms with Crippen LogP contribution in [0.2, 0.25) is 0 Å². The second-order valence-corrected chi connectivity index (χ2v) is 3.94. The third-order valence-electron chi connectivity index (χ3n) is 2.23. The van der Waals surface area contributed by atoms with Crippen LogP contribution in [0, 0.1) is 0 Å². The molecule has 0 aliphatic heterocycles. The minimum atomic E-state index is 1.20. The molecule has 72 valence electrons. The first-order valence-electron chi connectivity index (χ1n) is 4.78. The van der Waals surface area contributed by atoms with Crippen LogP contribution in [-0.2, 0) is 19.4 Å². The molecule has 0 saturated carbocycles. The summed E-state index contributed by atoms with van der Waals surface area (Å²) in [5, 5.41) is 0. The van der Waals surface area contributed by atoms with Crippen molar-refractivity contribution in [3.63, 3.8) is 0 Å². The molecular weight excluding hydrogens is 352 g/mol. The predicted molar refractivity (Wildman–Crippen MR) is 60.4 cm³/mol. The molecule has 0 unspecified atom stereocenters. The van der Waals surface area contributed by atoms with E-state index < -0.39 is 0 Å². The Morgan fingerprint density at radius 1 is 0.733 bits per heavy atom. The molecule has 0 bridgehead atoms. The van der Waals surface area contributed by atoms with Gasteiger partial charge in [-0.3, -0.25) is 0 Å². The average Bonchev–Trinajstić information content (AvgIpc) is 2.33. The van der Waals surface area contributed by atoms with Crippen molar-refractivity contribution in [2.45, 2.75) is 0 Å². The molecule has 0 atom stereocenters. The van der Waals surface area contributed by atoms with E-state index in [1.807, 2.05) is 12.1 Å². The first-order chi connectivity index (χ1) is 7.42. The second-order valence-electron chi connectivity index (χ2n) is 3.21. The van der Waals surface area contributed by atoms with Gasteiger partial charge in [0.25, 0.3) is 0 Å². The number of hydrogen-bond donors (Lipinski definition) is 0. The van der Waals surface area contributed by atoms with Crippen LogP contribution in [0.4, 0.5) is 0 Å². The number of hydrogen-bond acceptors (Lipinski definition) is 0. The SMILES string of the molecule is [W]=[C]=C(c1ccccc1)c1ccccc1. The van der Waals surface area contributed by atoms with E-state index >= 15 is 0 Å². The zero-order chi connectivity index (χ0) is 10.5. The quantitative estimate of drug-likeness (QED) is 0.771. The molecule has 0 heterocycles. The Labute approximate surface area is 101 Å². The van der Waals surface area contributed by atoms with Crippen molar-refractivity contribution in [2.75, 3.05) is 0 Å². The van der Waals surface area contributed by atoms with E-state index in [4.69, 9.17) is 0 Å². The van der Waals surface area contributed by atoms with Crippen molar-refractivity contribution < 1.29 is 19.4 Å². The second kappa shape index (κ2) is 5.03. The molecule has 0 aliphatic carbocycles. The topological polar surface area (TPSA) is 0 Å². The Kier molecular flexibility index (Phi) is 3.45. The summed E-state index contributed by atoms with van der Waals surface area (Å²) in [6, 6.07) is 20.8. The van der Waals surface area contributed by atoms with Gasteiger partial charge in [0.2, 0.25) is 0 Å². The van der Waals surface area contributed by atoms with E-state index in [2.05, 4.69) is 52.6 Å². The van der Waals surface area contributed by atoms with E-state index in [-0.39, 0.29) is 0 Å². The van der Waals surface area contributed by atoms with Crippen LogP contribution in [0.15, 0.2) is 60.7 Å². The van der Waals surface area contributed by atoms with Gasteiger partial charge in [-0.25, -0.2) is 0 Å². The van der Waals surface area contributed by atoms with Crippen LogP contribution in [0.3, 0.4) is 0 Å². The summed E-state index contributed by atoms with van der Waals surface area (Å²) in [6.07, 6.45) is 0. The monoisotopic (exact) mass is 362 g/mol. The molecule has 1 heteroatoms. The molecule has 2 aromatic rings. The molecule has 0 radical (unpaired) electrons. The van der Waals surface area contributed by atoms with E-state index in [1.165, 1.54) is 36.1 Å². The van der Waals surface area contributed by atoms with E-state index in [9.17, 15) is 0 Å². The van der Waals surface area contributed by atoms with Crippen molar-refractivity contribution in [2.24, 2.45) is 0 Å². The molecule has 0 aliphatic rings. The molecule has 0 aromatic heterocycles. The Balaban J connectivity index is 2.48. The third-order valence-corrected chi connectivity index (χ3v) is 2.96. The van der Waals surface area contributed by atoms with Gasteiger partial charge in [0.05, 0.1) is 0 Å². The van der Waals surface area contributed by atoms with Gasteiger partial charge >= 0.3 is 101 Å². The van der Waals surface area contributed by atoms with Gasteiger partial charge in [-0.2, -0.15) is 0 Å². The molecule has 0 nitrogen and oxygen atoms in total. The van der Waals surface area contributed by atoms with Crippen LogP contribution < -0.4 is 0 Å². The van der Waals surface area contributed by atoms with Gasteiger partial charge in [0, 0.05) is 0 Å². The fourth-order valence-electron chi connectivity index (χ4n) is 1.49. The Bertz CT molecular complexity index is 438. The number of rotatable bonds is 2. The van der Waals surface area contributed by atoms with E-state index in [1.54, 1.807) is 0 Å². The molecule has 15 heavy (non-hydrogen) atoms. The fourth-order valence-corrected chi connectivity index (χ4v) is 2.34. The fraction of sp³-hybridized carbons (Fsp3) is 0. The van der Waals surface area contributed by atoms with Gasteiger partial charge in [-0.1, -0.05) is 0 Å². The average molecular weight is 362 g/mol. The van der Waals surface area contributed by atoms with Crippen molar-refractivity contribution in [1.29, 1.82) is 0 Å². The van der Waals surface area contributed by atoms with Crippen molar-refractivity contribution in [3.8, 4) is 0 Å². The summed E-state index contributed by atoms with van der Waals surface area (Å²) >= 11 is 1.35. The molecular formula is C14H10W. The van der Waals surface area contributed by atoms with Gasteiger partial charge in [0.1, 0.15) is 0 Å². The molecule has 0 fully saturated rings. The standard InChI is InChI=1S/C14H10.W/c1-12(13-8-4-2-5-9-13)14-10-6-3-7-11-14;/h2-11H;.